The Morgan fingerprint density at radius 2 is 2.00 bits per heavy atom. The standard InChI is InChI=1S/C11H13ClN2O3/c1-11(2,3)13-10(15)8-5-4-7(12)6-9(8)14(16)17/h4-6H,1-3H3,(H,13,15). The summed E-state index contributed by atoms with van der Waals surface area (Å²) in [4.78, 5) is 22.0. The van der Waals surface area contributed by atoms with E-state index in [1.165, 1.54) is 18.2 Å². The lowest BCUT2D eigenvalue weighted by Gasteiger charge is -2.20. The lowest BCUT2D eigenvalue weighted by Crippen LogP contribution is -2.40. The fraction of sp³-hybridized carbons (Fsp3) is 0.364. The van der Waals surface area contributed by atoms with E-state index in [1.54, 1.807) is 20.8 Å². The van der Waals surface area contributed by atoms with Crippen LogP contribution in [0.1, 0.15) is 31.1 Å². The van der Waals surface area contributed by atoms with Gasteiger partial charge in [-0.1, -0.05) is 11.6 Å². The van der Waals surface area contributed by atoms with E-state index < -0.39 is 16.4 Å². The average molecular weight is 257 g/mol. The van der Waals surface area contributed by atoms with Gasteiger partial charge in [0.2, 0.25) is 0 Å². The van der Waals surface area contributed by atoms with E-state index in [4.69, 9.17) is 11.6 Å². The quantitative estimate of drug-likeness (QED) is 0.653. The van der Waals surface area contributed by atoms with Gasteiger partial charge in [0.1, 0.15) is 5.56 Å². The first-order valence-corrected chi connectivity index (χ1v) is 5.35. The highest BCUT2D eigenvalue weighted by Crippen LogP contribution is 2.23. The van der Waals surface area contributed by atoms with Crippen LogP contribution < -0.4 is 5.32 Å². The van der Waals surface area contributed by atoms with Crippen LogP contribution in [0.5, 0.6) is 0 Å². The number of amides is 1. The molecular formula is C11H13ClN2O3. The topological polar surface area (TPSA) is 72.2 Å². The zero-order valence-corrected chi connectivity index (χ0v) is 10.5. The second kappa shape index (κ2) is 4.71. The van der Waals surface area contributed by atoms with Crippen molar-refractivity contribution in [3.8, 4) is 0 Å². The Bertz CT molecular complexity index is 466. The fourth-order valence-electron chi connectivity index (χ4n) is 1.26. The Hall–Kier alpha value is -1.62. The molecule has 0 aliphatic carbocycles. The first kappa shape index (κ1) is 13.4. The van der Waals surface area contributed by atoms with Gasteiger partial charge in [0, 0.05) is 16.6 Å². The summed E-state index contributed by atoms with van der Waals surface area (Å²) in [6, 6.07) is 3.97. The van der Waals surface area contributed by atoms with Crippen LogP contribution in [-0.4, -0.2) is 16.4 Å². The molecule has 0 aliphatic heterocycles. The lowest BCUT2D eigenvalue weighted by molar-refractivity contribution is -0.385. The van der Waals surface area contributed by atoms with Crippen molar-refractivity contribution in [3.63, 3.8) is 0 Å². The third-order valence-electron chi connectivity index (χ3n) is 1.89. The monoisotopic (exact) mass is 256 g/mol. The highest BCUT2D eigenvalue weighted by atomic mass is 35.5. The summed E-state index contributed by atoms with van der Waals surface area (Å²) < 4.78 is 0. The smallest absolute Gasteiger partial charge is 0.283 e. The van der Waals surface area contributed by atoms with Crippen molar-refractivity contribution in [1.29, 1.82) is 0 Å². The van der Waals surface area contributed by atoms with E-state index in [2.05, 4.69) is 5.32 Å². The summed E-state index contributed by atoms with van der Waals surface area (Å²) in [7, 11) is 0. The molecule has 0 aromatic heterocycles. The van der Waals surface area contributed by atoms with Crippen LogP contribution in [-0.2, 0) is 0 Å². The van der Waals surface area contributed by atoms with Crippen molar-refractivity contribution in [1.82, 2.24) is 5.32 Å². The SMILES string of the molecule is CC(C)(C)NC(=O)c1ccc(Cl)cc1[N+](=O)[O-]. The van der Waals surface area contributed by atoms with Crippen molar-refractivity contribution in [2.75, 3.05) is 0 Å². The Morgan fingerprint density at radius 3 is 2.47 bits per heavy atom. The molecule has 0 atom stereocenters. The van der Waals surface area contributed by atoms with Crippen molar-refractivity contribution in [2.24, 2.45) is 0 Å². The molecule has 0 unspecified atom stereocenters. The van der Waals surface area contributed by atoms with E-state index in [9.17, 15) is 14.9 Å². The molecule has 5 nitrogen and oxygen atoms in total. The summed E-state index contributed by atoms with van der Waals surface area (Å²) in [6.45, 7) is 5.39. The number of halogens is 1. The average Bonchev–Trinajstić information content (AvgIpc) is 2.14. The van der Waals surface area contributed by atoms with Crippen LogP contribution in [0.3, 0.4) is 0 Å². The molecule has 1 rings (SSSR count). The number of nitrogens with zero attached hydrogens (tertiary/aromatic N) is 1. The van der Waals surface area contributed by atoms with Crippen LogP contribution in [0.4, 0.5) is 5.69 Å². The maximum Gasteiger partial charge on any atom is 0.283 e. The first-order chi connectivity index (χ1) is 7.70. The van der Waals surface area contributed by atoms with Gasteiger partial charge in [-0.2, -0.15) is 0 Å². The van der Waals surface area contributed by atoms with Crippen LogP contribution in [0.2, 0.25) is 5.02 Å². The van der Waals surface area contributed by atoms with Gasteiger partial charge >= 0.3 is 0 Å². The number of hydrogen-bond donors (Lipinski definition) is 1. The molecule has 1 aromatic carbocycles. The normalized spacial score (nSPS) is 11.1. The Kier molecular flexibility index (Phi) is 3.72. The molecule has 0 saturated carbocycles. The molecule has 0 aliphatic rings. The van der Waals surface area contributed by atoms with Crippen molar-refractivity contribution < 1.29 is 9.72 Å². The van der Waals surface area contributed by atoms with Gasteiger partial charge in [0.15, 0.2) is 0 Å². The number of carbonyl (C=O) groups excluding carboxylic acids is 1. The summed E-state index contributed by atoms with van der Waals surface area (Å²) in [5, 5.41) is 13.7. The summed E-state index contributed by atoms with van der Waals surface area (Å²) in [6.07, 6.45) is 0. The van der Waals surface area contributed by atoms with E-state index in [-0.39, 0.29) is 16.3 Å². The lowest BCUT2D eigenvalue weighted by atomic mass is 10.1. The molecule has 1 N–H and O–H groups in total. The number of nitrogens with one attached hydrogen (secondary N) is 1. The minimum atomic E-state index is -0.622. The van der Waals surface area contributed by atoms with Crippen LogP contribution in [0, 0.1) is 10.1 Å². The van der Waals surface area contributed by atoms with E-state index in [0.717, 1.165) is 0 Å². The van der Waals surface area contributed by atoms with Crippen molar-refractivity contribution in [2.45, 2.75) is 26.3 Å². The van der Waals surface area contributed by atoms with Gasteiger partial charge in [-0.25, -0.2) is 0 Å². The highest BCUT2D eigenvalue weighted by molar-refractivity contribution is 6.31. The van der Waals surface area contributed by atoms with Crippen molar-refractivity contribution >= 4 is 23.2 Å². The fourth-order valence-corrected chi connectivity index (χ4v) is 1.42. The van der Waals surface area contributed by atoms with Gasteiger partial charge in [-0.15, -0.1) is 0 Å². The Labute approximate surface area is 104 Å². The van der Waals surface area contributed by atoms with Gasteiger partial charge < -0.3 is 5.32 Å². The van der Waals surface area contributed by atoms with Gasteiger partial charge in [-0.05, 0) is 32.9 Å². The van der Waals surface area contributed by atoms with Gasteiger partial charge in [0.05, 0.1) is 4.92 Å². The maximum atomic E-state index is 11.8. The molecule has 1 amide bonds. The number of carbonyl (C=O) groups is 1. The second-order valence-corrected chi connectivity index (χ2v) is 5.06. The number of benzene rings is 1. The molecular weight excluding hydrogens is 244 g/mol. The molecule has 0 saturated heterocycles. The minimum absolute atomic E-state index is 0.00863. The molecule has 0 heterocycles. The van der Waals surface area contributed by atoms with E-state index in [0.29, 0.717) is 0 Å². The molecule has 92 valence electrons. The van der Waals surface area contributed by atoms with Crippen LogP contribution in [0.25, 0.3) is 0 Å². The predicted octanol–water partition coefficient (Wildman–Crippen LogP) is 2.78. The zero-order valence-electron chi connectivity index (χ0n) is 9.78. The largest absolute Gasteiger partial charge is 0.347 e. The second-order valence-electron chi connectivity index (χ2n) is 4.62. The minimum Gasteiger partial charge on any atom is -0.347 e. The summed E-state index contributed by atoms with van der Waals surface area (Å²) in [5.74, 6) is -0.485. The van der Waals surface area contributed by atoms with Crippen LogP contribution in [0.15, 0.2) is 18.2 Å². The van der Waals surface area contributed by atoms with Gasteiger partial charge in [-0.3, -0.25) is 14.9 Å². The molecule has 1 aromatic rings. The highest BCUT2D eigenvalue weighted by Gasteiger charge is 2.23. The molecule has 0 radical (unpaired) electrons. The number of nitro groups is 1. The van der Waals surface area contributed by atoms with E-state index >= 15 is 0 Å². The Morgan fingerprint density at radius 1 is 1.41 bits per heavy atom. The Balaban J connectivity index is 3.14. The summed E-state index contributed by atoms with van der Waals surface area (Å²) in [5.41, 5.74) is -0.738. The molecule has 17 heavy (non-hydrogen) atoms. The first-order valence-electron chi connectivity index (χ1n) is 4.97. The zero-order chi connectivity index (χ0) is 13.2. The van der Waals surface area contributed by atoms with E-state index in [1.807, 2.05) is 0 Å². The number of nitro benzene ring substituents is 1. The number of hydrogen-bond acceptors (Lipinski definition) is 3. The number of rotatable bonds is 2. The van der Waals surface area contributed by atoms with Crippen molar-refractivity contribution in [3.05, 3.63) is 38.9 Å². The van der Waals surface area contributed by atoms with Gasteiger partial charge in [0.25, 0.3) is 11.6 Å². The molecule has 0 spiro atoms. The third-order valence-corrected chi connectivity index (χ3v) is 2.12. The third kappa shape index (κ3) is 3.71. The van der Waals surface area contributed by atoms with Crippen LogP contribution >= 0.6 is 11.6 Å². The maximum absolute atomic E-state index is 11.8. The molecule has 0 fully saturated rings. The predicted molar refractivity (Wildman–Crippen MR) is 65.3 cm³/mol. The molecule has 0 bridgehead atoms. The molecule has 6 heteroatoms. The summed E-state index contributed by atoms with van der Waals surface area (Å²) >= 11 is 5.66.